The maximum atomic E-state index is 7.67. The van der Waals surface area contributed by atoms with E-state index in [0.717, 1.165) is 60.9 Å². The van der Waals surface area contributed by atoms with Crippen LogP contribution in [-0.4, -0.2) is 53.6 Å². The van der Waals surface area contributed by atoms with E-state index >= 15 is 0 Å². The average molecular weight is 398 g/mol. The lowest BCUT2D eigenvalue weighted by Crippen LogP contribution is -2.36. The molecule has 0 bridgehead atoms. The van der Waals surface area contributed by atoms with Gasteiger partial charge in [-0.05, 0) is 25.0 Å². The van der Waals surface area contributed by atoms with Crippen molar-refractivity contribution in [2.45, 2.75) is 12.8 Å². The minimum atomic E-state index is 0.586. The Balaban J connectivity index is 0.000000143. The molecule has 0 unspecified atom stereocenters. The van der Waals surface area contributed by atoms with Crippen LogP contribution in [0.2, 0.25) is 0 Å². The minimum Gasteiger partial charge on any atom is -0.491 e. The van der Waals surface area contributed by atoms with Crippen LogP contribution in [0.5, 0.6) is 5.75 Å². The van der Waals surface area contributed by atoms with E-state index in [2.05, 4.69) is 19.9 Å². The summed E-state index contributed by atoms with van der Waals surface area (Å²) < 4.78 is 11.8. The molecule has 3 aromatic rings. The summed E-state index contributed by atoms with van der Waals surface area (Å²) in [5.74, 6) is 1.71. The summed E-state index contributed by atoms with van der Waals surface area (Å²) in [4.78, 5) is 15.0. The quantitative estimate of drug-likeness (QED) is 0.648. The number of pyridine rings is 2. The van der Waals surface area contributed by atoms with Crippen LogP contribution in [0.15, 0.2) is 30.6 Å². The van der Waals surface area contributed by atoms with E-state index in [0.29, 0.717) is 23.1 Å². The lowest BCUT2D eigenvalue weighted by molar-refractivity contribution is 0.122. The number of hydrogen-bond acceptors (Lipinski definition) is 9. The highest BCUT2D eigenvalue weighted by molar-refractivity contribution is 7.22. The van der Waals surface area contributed by atoms with E-state index in [1.165, 1.54) is 11.3 Å². The molecule has 5 rings (SSSR count). The minimum absolute atomic E-state index is 0.586. The summed E-state index contributed by atoms with van der Waals surface area (Å²) in [5, 5.41) is 8.26. The maximum absolute atomic E-state index is 7.67. The van der Waals surface area contributed by atoms with Gasteiger partial charge in [0.1, 0.15) is 17.3 Å². The number of nitrogens with zero attached hydrogens (tertiary/aromatic N) is 4. The van der Waals surface area contributed by atoms with Crippen molar-refractivity contribution in [1.29, 1.82) is 5.41 Å². The number of anilines is 2. The molecule has 0 atom stereocenters. The maximum Gasteiger partial charge on any atom is 0.181 e. The molecule has 3 aromatic heterocycles. The summed E-state index contributed by atoms with van der Waals surface area (Å²) >= 11 is 1.47. The van der Waals surface area contributed by atoms with E-state index in [1.807, 2.05) is 24.4 Å². The van der Waals surface area contributed by atoms with Gasteiger partial charge in [-0.15, -0.1) is 0 Å². The molecule has 0 aliphatic carbocycles. The Hall–Kier alpha value is -2.78. The highest BCUT2D eigenvalue weighted by Gasteiger charge is 2.14. The lowest BCUT2D eigenvalue weighted by Gasteiger charge is -2.27. The smallest absolute Gasteiger partial charge is 0.181 e. The van der Waals surface area contributed by atoms with Gasteiger partial charge in [-0.1, -0.05) is 11.3 Å². The third kappa shape index (κ3) is 4.20. The van der Waals surface area contributed by atoms with Gasteiger partial charge in [0.2, 0.25) is 0 Å². The number of fused-ring (bicyclic) bond motifs is 2. The highest BCUT2D eigenvalue weighted by atomic mass is 32.1. The summed E-state index contributed by atoms with van der Waals surface area (Å²) in [6, 6.07) is 5.69. The third-order valence-electron chi connectivity index (χ3n) is 4.50. The molecule has 9 heteroatoms. The SMILES string of the molecule is N=C1CCCOc2cccnc21.Nc1nc2cc(N3CCOCC3)ncc2s1. The molecule has 5 heterocycles. The van der Waals surface area contributed by atoms with Gasteiger partial charge >= 0.3 is 0 Å². The average Bonchev–Trinajstić information content (AvgIpc) is 3.01. The molecule has 0 spiro atoms. The highest BCUT2D eigenvalue weighted by Crippen LogP contribution is 2.26. The first kappa shape index (κ1) is 18.6. The van der Waals surface area contributed by atoms with Crippen molar-refractivity contribution in [1.82, 2.24) is 15.0 Å². The van der Waals surface area contributed by atoms with Crippen LogP contribution in [-0.2, 0) is 4.74 Å². The molecule has 28 heavy (non-hydrogen) atoms. The van der Waals surface area contributed by atoms with Gasteiger partial charge in [0.05, 0.1) is 35.7 Å². The van der Waals surface area contributed by atoms with Crippen molar-refractivity contribution in [2.75, 3.05) is 43.5 Å². The van der Waals surface area contributed by atoms with Crippen molar-refractivity contribution in [2.24, 2.45) is 0 Å². The molecule has 1 saturated heterocycles. The van der Waals surface area contributed by atoms with Crippen molar-refractivity contribution < 1.29 is 9.47 Å². The standard InChI is InChI=1S/C10H12N4OS.C9H10N2O/c11-10-13-7-5-9(12-6-8(7)16-10)14-1-3-15-4-2-14;10-7-3-2-6-12-8-4-1-5-11-9(7)8/h5-6H,1-4H2,(H2,11,13);1,4-5,10H,2-3,6H2. The second-order valence-electron chi connectivity index (χ2n) is 6.44. The van der Waals surface area contributed by atoms with Gasteiger partial charge in [0.25, 0.3) is 0 Å². The lowest BCUT2D eigenvalue weighted by atomic mass is 10.1. The van der Waals surface area contributed by atoms with Gasteiger partial charge in [0, 0.05) is 31.5 Å². The number of nitrogens with two attached hydrogens (primary N) is 1. The molecule has 146 valence electrons. The van der Waals surface area contributed by atoms with E-state index in [4.69, 9.17) is 20.6 Å². The number of ether oxygens (including phenoxy) is 2. The summed E-state index contributed by atoms with van der Waals surface area (Å²) in [6.07, 6.45) is 5.22. The monoisotopic (exact) mass is 398 g/mol. The Morgan fingerprint density at radius 3 is 2.89 bits per heavy atom. The zero-order valence-corrected chi connectivity index (χ0v) is 16.2. The van der Waals surface area contributed by atoms with Crippen LogP contribution >= 0.6 is 11.3 Å². The molecule has 0 radical (unpaired) electrons. The first-order valence-electron chi connectivity index (χ1n) is 9.21. The van der Waals surface area contributed by atoms with Gasteiger partial charge in [-0.25, -0.2) is 9.97 Å². The summed E-state index contributed by atoms with van der Waals surface area (Å²) in [7, 11) is 0. The normalized spacial score (nSPS) is 16.6. The summed E-state index contributed by atoms with van der Waals surface area (Å²) in [5.41, 5.74) is 7.88. The fourth-order valence-electron chi connectivity index (χ4n) is 3.09. The van der Waals surface area contributed by atoms with E-state index in [1.54, 1.807) is 6.20 Å². The molecule has 0 saturated carbocycles. The van der Waals surface area contributed by atoms with Crippen LogP contribution in [0.1, 0.15) is 18.5 Å². The van der Waals surface area contributed by atoms with Crippen molar-refractivity contribution >= 4 is 38.2 Å². The molecular formula is C19H22N6O2S. The topological polar surface area (TPSA) is 110 Å². The van der Waals surface area contributed by atoms with E-state index in [9.17, 15) is 0 Å². The van der Waals surface area contributed by atoms with E-state index < -0.39 is 0 Å². The van der Waals surface area contributed by atoms with Gasteiger partial charge in [-0.3, -0.25) is 4.98 Å². The third-order valence-corrected chi connectivity index (χ3v) is 5.33. The molecule has 2 aliphatic rings. The van der Waals surface area contributed by atoms with Crippen molar-refractivity contribution in [3.63, 3.8) is 0 Å². The molecule has 3 N–H and O–H groups in total. The molecule has 8 nitrogen and oxygen atoms in total. The number of morpholine rings is 1. The van der Waals surface area contributed by atoms with Crippen LogP contribution < -0.4 is 15.4 Å². The fraction of sp³-hybridized carbons (Fsp3) is 0.368. The number of thiazole rings is 1. The Labute approximate surface area is 166 Å². The Bertz CT molecular complexity index is 970. The Kier molecular flexibility index (Phi) is 5.63. The first-order valence-corrected chi connectivity index (χ1v) is 10.0. The zero-order chi connectivity index (χ0) is 19.3. The predicted molar refractivity (Wildman–Crippen MR) is 111 cm³/mol. The fourth-order valence-corrected chi connectivity index (χ4v) is 3.77. The first-order chi connectivity index (χ1) is 13.7. The van der Waals surface area contributed by atoms with Crippen LogP contribution in [0, 0.1) is 5.41 Å². The second kappa shape index (κ2) is 8.49. The number of nitrogens with one attached hydrogen (secondary N) is 1. The molecular weight excluding hydrogens is 376 g/mol. The predicted octanol–water partition coefficient (Wildman–Crippen LogP) is 2.73. The van der Waals surface area contributed by atoms with Crippen molar-refractivity contribution in [3.05, 3.63) is 36.3 Å². The van der Waals surface area contributed by atoms with Crippen LogP contribution in [0.4, 0.5) is 10.9 Å². The Morgan fingerprint density at radius 1 is 1.18 bits per heavy atom. The zero-order valence-electron chi connectivity index (χ0n) is 15.4. The largest absolute Gasteiger partial charge is 0.491 e. The number of rotatable bonds is 1. The van der Waals surface area contributed by atoms with Crippen LogP contribution in [0.3, 0.4) is 0 Å². The van der Waals surface area contributed by atoms with E-state index in [-0.39, 0.29) is 0 Å². The molecule has 0 aromatic carbocycles. The molecule has 1 fully saturated rings. The number of nitrogen functional groups attached to an aromatic ring is 1. The van der Waals surface area contributed by atoms with Crippen LogP contribution in [0.25, 0.3) is 10.2 Å². The van der Waals surface area contributed by atoms with Gasteiger partial charge in [-0.2, -0.15) is 0 Å². The van der Waals surface area contributed by atoms with Gasteiger partial charge in [0.15, 0.2) is 5.13 Å². The van der Waals surface area contributed by atoms with Crippen molar-refractivity contribution in [3.8, 4) is 5.75 Å². The number of aromatic nitrogens is 3. The Morgan fingerprint density at radius 2 is 2.04 bits per heavy atom. The summed E-state index contributed by atoms with van der Waals surface area (Å²) in [6.45, 7) is 4.00. The second-order valence-corrected chi connectivity index (χ2v) is 7.50. The molecule has 0 amide bonds. The number of hydrogen-bond donors (Lipinski definition) is 2. The van der Waals surface area contributed by atoms with Gasteiger partial charge < -0.3 is 25.5 Å². The molecule has 2 aliphatic heterocycles.